The number of hydrogen-bond acceptors (Lipinski definition) is 4. The minimum Gasteiger partial charge on any atom is -0.370 e. The molecule has 0 aromatic carbocycles. The average molecular weight is 317 g/mol. The van der Waals surface area contributed by atoms with Crippen LogP contribution < -0.4 is 5.32 Å². The van der Waals surface area contributed by atoms with Gasteiger partial charge in [-0.05, 0) is 42.2 Å². The molecule has 3 heterocycles. The fourth-order valence-electron chi connectivity index (χ4n) is 2.83. The number of carbonyl (C=O) groups is 1. The predicted molar refractivity (Wildman–Crippen MR) is 84.0 cm³/mol. The summed E-state index contributed by atoms with van der Waals surface area (Å²) in [5.74, 6) is 0.766. The van der Waals surface area contributed by atoms with E-state index < -0.39 is 0 Å². The minimum absolute atomic E-state index is 0.0388. The standard InChI is InChI=1S/C16H19N3O2S/c20-16(14-2-1-7-22-14)17-8-13-15-12(5-6-21-13)10-19(18-15)9-11-3-4-11/h1-2,7,10-11,13H,3-6,8-9H2,(H,17,20)/t13-/m1/s1. The first-order valence-corrected chi connectivity index (χ1v) is 8.67. The molecular formula is C16H19N3O2S. The molecule has 0 saturated heterocycles. The Bertz CT molecular complexity index is 661. The van der Waals surface area contributed by atoms with Crippen LogP contribution >= 0.6 is 11.3 Å². The SMILES string of the molecule is O=C(NC[C@H]1OCCc2cn(CC3CC3)nc21)c1cccs1. The van der Waals surface area contributed by atoms with Gasteiger partial charge in [-0.15, -0.1) is 11.3 Å². The summed E-state index contributed by atoms with van der Waals surface area (Å²) in [4.78, 5) is 12.8. The fraction of sp³-hybridized carbons (Fsp3) is 0.500. The van der Waals surface area contributed by atoms with Crippen LogP contribution in [0.25, 0.3) is 0 Å². The summed E-state index contributed by atoms with van der Waals surface area (Å²) in [6, 6.07) is 3.71. The molecule has 1 saturated carbocycles. The summed E-state index contributed by atoms with van der Waals surface area (Å²) in [7, 11) is 0. The number of thiophene rings is 1. The highest BCUT2D eigenvalue weighted by Crippen LogP contribution is 2.32. The zero-order chi connectivity index (χ0) is 14.9. The van der Waals surface area contributed by atoms with Crippen LogP contribution in [0.3, 0.4) is 0 Å². The van der Waals surface area contributed by atoms with Crippen molar-refractivity contribution in [2.75, 3.05) is 13.2 Å². The Labute approximate surface area is 133 Å². The van der Waals surface area contributed by atoms with E-state index in [2.05, 4.69) is 16.2 Å². The van der Waals surface area contributed by atoms with E-state index in [0.29, 0.717) is 13.2 Å². The molecule has 5 nitrogen and oxygen atoms in total. The lowest BCUT2D eigenvalue weighted by Gasteiger charge is -2.22. The van der Waals surface area contributed by atoms with Crippen molar-refractivity contribution in [1.29, 1.82) is 0 Å². The Morgan fingerprint density at radius 2 is 2.41 bits per heavy atom. The van der Waals surface area contributed by atoms with Crippen LogP contribution in [0.4, 0.5) is 0 Å². The molecule has 1 fully saturated rings. The van der Waals surface area contributed by atoms with Crippen molar-refractivity contribution in [3.05, 3.63) is 39.8 Å². The number of aromatic nitrogens is 2. The van der Waals surface area contributed by atoms with E-state index in [9.17, 15) is 4.79 Å². The molecule has 1 atom stereocenters. The Hall–Kier alpha value is -1.66. The van der Waals surface area contributed by atoms with Crippen LogP contribution in [0.5, 0.6) is 0 Å². The molecule has 116 valence electrons. The molecule has 0 bridgehead atoms. The number of nitrogens with one attached hydrogen (secondary N) is 1. The second-order valence-corrected chi connectivity index (χ2v) is 6.95. The Kier molecular flexibility index (Phi) is 3.72. The van der Waals surface area contributed by atoms with Gasteiger partial charge >= 0.3 is 0 Å². The number of rotatable bonds is 5. The van der Waals surface area contributed by atoms with Gasteiger partial charge < -0.3 is 10.1 Å². The van der Waals surface area contributed by atoms with Gasteiger partial charge in [0, 0.05) is 19.3 Å². The van der Waals surface area contributed by atoms with Crippen LogP contribution in [0.2, 0.25) is 0 Å². The molecule has 1 N–H and O–H groups in total. The van der Waals surface area contributed by atoms with Gasteiger partial charge in [0.2, 0.25) is 0 Å². The second-order valence-electron chi connectivity index (χ2n) is 6.00. The molecule has 2 aromatic heterocycles. The van der Waals surface area contributed by atoms with Crippen LogP contribution in [-0.4, -0.2) is 28.8 Å². The quantitative estimate of drug-likeness (QED) is 0.921. The largest absolute Gasteiger partial charge is 0.370 e. The maximum absolute atomic E-state index is 12.0. The van der Waals surface area contributed by atoms with Gasteiger partial charge in [-0.1, -0.05) is 6.07 Å². The van der Waals surface area contributed by atoms with Crippen molar-refractivity contribution in [2.24, 2.45) is 5.92 Å². The average Bonchev–Trinajstić information content (AvgIpc) is 3.03. The first-order valence-electron chi connectivity index (χ1n) is 7.79. The molecule has 4 rings (SSSR count). The monoisotopic (exact) mass is 317 g/mol. The second kappa shape index (κ2) is 5.85. The number of amides is 1. The van der Waals surface area contributed by atoms with Gasteiger partial charge in [0.05, 0.1) is 17.2 Å². The molecule has 0 unspecified atom stereocenters. The van der Waals surface area contributed by atoms with Crippen LogP contribution in [-0.2, 0) is 17.7 Å². The molecule has 0 spiro atoms. The van der Waals surface area contributed by atoms with Crippen molar-refractivity contribution in [2.45, 2.75) is 31.9 Å². The Balaban J connectivity index is 1.42. The maximum atomic E-state index is 12.0. The Morgan fingerprint density at radius 3 is 3.18 bits per heavy atom. The molecule has 0 radical (unpaired) electrons. The molecule has 2 aliphatic rings. The van der Waals surface area contributed by atoms with Gasteiger partial charge in [0.25, 0.3) is 5.91 Å². The third kappa shape index (κ3) is 2.94. The van der Waals surface area contributed by atoms with E-state index in [1.54, 1.807) is 0 Å². The number of hydrogen-bond donors (Lipinski definition) is 1. The summed E-state index contributed by atoms with van der Waals surface area (Å²) < 4.78 is 7.88. The van der Waals surface area contributed by atoms with E-state index in [1.165, 1.54) is 29.7 Å². The van der Waals surface area contributed by atoms with Gasteiger partial charge in [-0.25, -0.2) is 0 Å². The fourth-order valence-corrected chi connectivity index (χ4v) is 3.47. The first kappa shape index (κ1) is 14.0. The maximum Gasteiger partial charge on any atom is 0.261 e. The topological polar surface area (TPSA) is 56.1 Å². The van der Waals surface area contributed by atoms with Crippen molar-refractivity contribution in [3.63, 3.8) is 0 Å². The number of fused-ring (bicyclic) bond motifs is 1. The molecule has 2 aromatic rings. The van der Waals surface area contributed by atoms with E-state index in [-0.39, 0.29) is 12.0 Å². The molecule has 1 aliphatic heterocycles. The smallest absolute Gasteiger partial charge is 0.261 e. The van der Waals surface area contributed by atoms with Gasteiger partial charge in [-0.2, -0.15) is 5.10 Å². The highest BCUT2D eigenvalue weighted by atomic mass is 32.1. The normalized spacial score (nSPS) is 20.6. The third-order valence-corrected chi connectivity index (χ3v) is 5.07. The van der Waals surface area contributed by atoms with E-state index >= 15 is 0 Å². The summed E-state index contributed by atoms with van der Waals surface area (Å²) in [6.07, 6.45) is 5.58. The van der Waals surface area contributed by atoms with Crippen molar-refractivity contribution in [1.82, 2.24) is 15.1 Å². The number of carbonyl (C=O) groups excluding carboxylic acids is 1. The highest BCUT2D eigenvalue weighted by molar-refractivity contribution is 7.12. The van der Waals surface area contributed by atoms with E-state index in [1.807, 2.05) is 17.5 Å². The summed E-state index contributed by atoms with van der Waals surface area (Å²) >= 11 is 1.45. The number of ether oxygens (including phenoxy) is 1. The zero-order valence-corrected chi connectivity index (χ0v) is 13.1. The zero-order valence-electron chi connectivity index (χ0n) is 12.3. The molecule has 6 heteroatoms. The van der Waals surface area contributed by atoms with E-state index in [0.717, 1.165) is 29.5 Å². The Morgan fingerprint density at radius 1 is 1.50 bits per heavy atom. The number of nitrogens with zero attached hydrogens (tertiary/aromatic N) is 2. The van der Waals surface area contributed by atoms with Crippen LogP contribution in [0.15, 0.2) is 23.7 Å². The van der Waals surface area contributed by atoms with Crippen LogP contribution in [0.1, 0.15) is 39.9 Å². The van der Waals surface area contributed by atoms with Gasteiger partial charge in [0.15, 0.2) is 0 Å². The summed E-state index contributed by atoms with van der Waals surface area (Å²) in [5, 5.41) is 9.56. The summed E-state index contributed by atoms with van der Waals surface area (Å²) in [5.41, 5.74) is 2.26. The van der Waals surface area contributed by atoms with Crippen molar-refractivity contribution >= 4 is 17.2 Å². The highest BCUT2D eigenvalue weighted by Gasteiger charge is 2.27. The minimum atomic E-state index is -0.131. The molecule has 1 amide bonds. The lowest BCUT2D eigenvalue weighted by atomic mass is 10.1. The lowest BCUT2D eigenvalue weighted by molar-refractivity contribution is 0.0383. The predicted octanol–water partition coefficient (Wildman–Crippen LogP) is 2.40. The lowest BCUT2D eigenvalue weighted by Crippen LogP contribution is -2.31. The molecule has 22 heavy (non-hydrogen) atoms. The van der Waals surface area contributed by atoms with Gasteiger partial charge in [-0.3, -0.25) is 9.48 Å². The van der Waals surface area contributed by atoms with Crippen LogP contribution in [0, 0.1) is 5.92 Å². The first-order chi connectivity index (χ1) is 10.8. The van der Waals surface area contributed by atoms with Gasteiger partial charge in [0.1, 0.15) is 6.10 Å². The van der Waals surface area contributed by atoms with Crippen molar-refractivity contribution in [3.8, 4) is 0 Å². The third-order valence-electron chi connectivity index (χ3n) is 4.20. The van der Waals surface area contributed by atoms with E-state index in [4.69, 9.17) is 9.84 Å². The summed E-state index contributed by atoms with van der Waals surface area (Å²) in [6.45, 7) is 2.19. The van der Waals surface area contributed by atoms with Crippen molar-refractivity contribution < 1.29 is 9.53 Å². The molecule has 1 aliphatic carbocycles. The molecular weight excluding hydrogens is 298 g/mol.